The maximum Gasteiger partial charge on any atom is 0.345 e. The van der Waals surface area contributed by atoms with Gasteiger partial charge >= 0.3 is 6.67 Å². The van der Waals surface area contributed by atoms with Crippen LogP contribution in [-0.4, -0.2) is 27.2 Å². The SMILES string of the molecule is CC1=[N+](c2c(C)c(C)c(C)c(C)c2C)C[N+](c2c(C)c(C)c(C)c(C)c2C)=C1C. The summed E-state index contributed by atoms with van der Waals surface area (Å²) in [7, 11) is 0. The molecule has 0 bridgehead atoms. The Balaban J connectivity index is 2.23. The zero-order chi connectivity index (χ0) is 21.9. The third-order valence-electron chi connectivity index (χ3n) is 8.08. The van der Waals surface area contributed by atoms with Gasteiger partial charge in [-0.05, 0) is 103 Å². The fourth-order valence-electron chi connectivity index (χ4n) is 4.99. The molecule has 0 aromatic heterocycles. The molecule has 0 N–H and O–H groups in total. The second kappa shape index (κ2) is 7.23. The van der Waals surface area contributed by atoms with Crippen LogP contribution in [0.25, 0.3) is 0 Å². The molecule has 3 rings (SSSR count). The van der Waals surface area contributed by atoms with Gasteiger partial charge in [0, 0.05) is 36.1 Å². The molecular weight excluding hydrogens is 352 g/mol. The van der Waals surface area contributed by atoms with E-state index in [1.807, 2.05) is 0 Å². The molecule has 0 saturated heterocycles. The van der Waals surface area contributed by atoms with E-state index < -0.39 is 0 Å². The maximum atomic E-state index is 2.53. The topological polar surface area (TPSA) is 6.02 Å². The average molecular weight is 391 g/mol. The van der Waals surface area contributed by atoms with Crippen LogP contribution in [0, 0.1) is 69.2 Å². The molecule has 0 fully saturated rings. The zero-order valence-corrected chi connectivity index (χ0v) is 20.6. The van der Waals surface area contributed by atoms with Crippen molar-refractivity contribution in [1.82, 2.24) is 0 Å². The lowest BCUT2D eigenvalue weighted by Gasteiger charge is -2.16. The number of benzene rings is 2. The van der Waals surface area contributed by atoms with E-state index in [4.69, 9.17) is 0 Å². The molecule has 0 atom stereocenters. The minimum absolute atomic E-state index is 0.880. The van der Waals surface area contributed by atoms with Crippen molar-refractivity contribution in [3.8, 4) is 0 Å². The number of hydrogen-bond acceptors (Lipinski definition) is 0. The molecule has 1 aliphatic rings. The highest BCUT2D eigenvalue weighted by Gasteiger charge is 2.39. The molecule has 0 aliphatic carbocycles. The van der Waals surface area contributed by atoms with Gasteiger partial charge in [-0.15, -0.1) is 9.15 Å². The van der Waals surface area contributed by atoms with Crippen LogP contribution in [0.2, 0.25) is 0 Å². The van der Waals surface area contributed by atoms with Crippen LogP contribution in [-0.2, 0) is 0 Å². The van der Waals surface area contributed by atoms with Crippen LogP contribution in [0.4, 0.5) is 11.4 Å². The predicted molar refractivity (Wildman–Crippen MR) is 126 cm³/mol. The summed E-state index contributed by atoms with van der Waals surface area (Å²) in [5, 5.41) is 0. The molecule has 0 amide bonds. The van der Waals surface area contributed by atoms with Gasteiger partial charge < -0.3 is 0 Å². The Morgan fingerprint density at radius 1 is 0.345 bits per heavy atom. The van der Waals surface area contributed by atoms with E-state index in [0.29, 0.717) is 0 Å². The highest BCUT2D eigenvalue weighted by atomic mass is 15.3. The first kappa shape index (κ1) is 21.5. The van der Waals surface area contributed by atoms with Gasteiger partial charge in [0.25, 0.3) is 11.4 Å². The highest BCUT2D eigenvalue weighted by molar-refractivity contribution is 6.37. The van der Waals surface area contributed by atoms with Crippen LogP contribution < -0.4 is 0 Å². The van der Waals surface area contributed by atoms with E-state index in [-0.39, 0.29) is 0 Å². The second-order valence-electron chi connectivity index (χ2n) is 9.12. The lowest BCUT2D eigenvalue weighted by molar-refractivity contribution is -0.638. The van der Waals surface area contributed by atoms with Gasteiger partial charge in [0.15, 0.2) is 0 Å². The summed E-state index contributed by atoms with van der Waals surface area (Å²) in [6.07, 6.45) is 0. The normalized spacial score (nSPS) is 14.5. The highest BCUT2D eigenvalue weighted by Crippen LogP contribution is 2.37. The smallest absolute Gasteiger partial charge is 0.130 e. The first-order valence-electron chi connectivity index (χ1n) is 10.8. The average Bonchev–Trinajstić information content (AvgIpc) is 2.97. The molecule has 1 aliphatic heterocycles. The number of nitrogens with zero attached hydrogens (tertiary/aromatic N) is 2. The Morgan fingerprint density at radius 3 is 0.793 bits per heavy atom. The van der Waals surface area contributed by atoms with Crippen LogP contribution in [0.5, 0.6) is 0 Å². The van der Waals surface area contributed by atoms with Crippen LogP contribution in [0.15, 0.2) is 0 Å². The quantitative estimate of drug-likeness (QED) is 0.506. The van der Waals surface area contributed by atoms with E-state index in [9.17, 15) is 0 Å². The first-order chi connectivity index (χ1) is 13.4. The largest absolute Gasteiger partial charge is 0.345 e. The van der Waals surface area contributed by atoms with Crippen molar-refractivity contribution < 1.29 is 9.15 Å². The third kappa shape index (κ3) is 2.99. The van der Waals surface area contributed by atoms with Crippen LogP contribution in [0.1, 0.15) is 69.5 Å². The van der Waals surface area contributed by atoms with Crippen molar-refractivity contribution in [3.05, 3.63) is 55.6 Å². The molecule has 0 radical (unpaired) electrons. The Morgan fingerprint density at radius 2 is 0.552 bits per heavy atom. The number of hydrogen-bond donors (Lipinski definition) is 0. The second-order valence-corrected chi connectivity index (χ2v) is 9.12. The zero-order valence-electron chi connectivity index (χ0n) is 20.6. The molecule has 0 unspecified atom stereocenters. The van der Waals surface area contributed by atoms with Gasteiger partial charge in [0.1, 0.15) is 0 Å². The van der Waals surface area contributed by atoms with Crippen molar-refractivity contribution in [3.63, 3.8) is 0 Å². The Hall–Kier alpha value is -2.22. The molecule has 2 aromatic carbocycles. The van der Waals surface area contributed by atoms with E-state index in [1.165, 1.54) is 78.4 Å². The predicted octanol–water partition coefficient (Wildman–Crippen LogP) is 6.65. The molecule has 0 spiro atoms. The number of rotatable bonds is 2. The Bertz CT molecular complexity index is 977. The molecule has 2 nitrogen and oxygen atoms in total. The minimum Gasteiger partial charge on any atom is -0.130 e. The molecule has 29 heavy (non-hydrogen) atoms. The van der Waals surface area contributed by atoms with Crippen molar-refractivity contribution in [1.29, 1.82) is 0 Å². The Labute approximate surface area is 177 Å². The third-order valence-corrected chi connectivity index (χ3v) is 8.08. The molecule has 1 heterocycles. The van der Waals surface area contributed by atoms with Crippen molar-refractivity contribution in [2.45, 2.75) is 83.1 Å². The molecule has 2 aromatic rings. The van der Waals surface area contributed by atoms with Gasteiger partial charge in [0.2, 0.25) is 11.4 Å². The molecular formula is C27H38N2+2. The van der Waals surface area contributed by atoms with E-state index in [0.717, 1.165) is 6.67 Å². The summed E-state index contributed by atoms with van der Waals surface area (Å²) in [5.41, 5.74) is 19.6. The summed E-state index contributed by atoms with van der Waals surface area (Å²) in [5.74, 6) is 0. The van der Waals surface area contributed by atoms with Gasteiger partial charge in [-0.2, -0.15) is 0 Å². The summed E-state index contributed by atoms with van der Waals surface area (Å²) >= 11 is 0. The van der Waals surface area contributed by atoms with Gasteiger partial charge in [-0.3, -0.25) is 0 Å². The summed E-state index contributed by atoms with van der Waals surface area (Å²) < 4.78 is 5.06. The van der Waals surface area contributed by atoms with Crippen molar-refractivity contribution in [2.75, 3.05) is 6.67 Å². The van der Waals surface area contributed by atoms with Crippen LogP contribution in [0.3, 0.4) is 0 Å². The van der Waals surface area contributed by atoms with E-state index in [2.05, 4.69) is 92.2 Å². The standard InChI is InChI=1S/C27H38N2/c1-14-16(3)20(7)26(21(8)17(14)4)28-13-29(25(12)24(28)11)27-22(9)18(5)15(2)19(6)23(27)10/h13H2,1-12H3/q+2. The minimum atomic E-state index is 0.880. The molecule has 2 heteroatoms. The monoisotopic (exact) mass is 390 g/mol. The van der Waals surface area contributed by atoms with Gasteiger partial charge in [0.05, 0.1) is 0 Å². The van der Waals surface area contributed by atoms with Gasteiger partial charge in [-0.25, -0.2) is 0 Å². The first-order valence-corrected chi connectivity index (χ1v) is 10.8. The van der Waals surface area contributed by atoms with Crippen LogP contribution >= 0.6 is 0 Å². The summed E-state index contributed by atoms with van der Waals surface area (Å²) in [6.45, 7) is 28.1. The molecule has 0 saturated carbocycles. The lowest BCUT2D eigenvalue weighted by atomic mass is 9.92. The van der Waals surface area contributed by atoms with Crippen molar-refractivity contribution >= 4 is 22.8 Å². The summed E-state index contributed by atoms with van der Waals surface area (Å²) in [4.78, 5) is 0. The maximum absolute atomic E-state index is 2.53. The lowest BCUT2D eigenvalue weighted by Crippen LogP contribution is -2.18. The molecule has 154 valence electrons. The summed E-state index contributed by atoms with van der Waals surface area (Å²) in [6, 6.07) is 0. The van der Waals surface area contributed by atoms with Crippen molar-refractivity contribution in [2.24, 2.45) is 0 Å². The fourth-order valence-corrected chi connectivity index (χ4v) is 4.99. The Kier molecular flexibility index (Phi) is 5.36. The van der Waals surface area contributed by atoms with E-state index >= 15 is 0 Å². The van der Waals surface area contributed by atoms with Gasteiger partial charge in [-0.1, -0.05) is 0 Å². The fraction of sp³-hybridized carbons (Fsp3) is 0.481. The van der Waals surface area contributed by atoms with E-state index in [1.54, 1.807) is 0 Å².